The number of hydrogen-bond donors (Lipinski definition) is 1. The summed E-state index contributed by atoms with van der Waals surface area (Å²) < 4.78 is 5.63. The molecule has 1 N–H and O–H groups in total. The van der Waals surface area contributed by atoms with Gasteiger partial charge in [-0.25, -0.2) is 0 Å². The minimum Gasteiger partial charge on any atom is -0.454 e. The summed E-state index contributed by atoms with van der Waals surface area (Å²) in [4.78, 5) is 0. The lowest BCUT2D eigenvalue weighted by molar-refractivity contribution is 0.199. The zero-order valence-electron chi connectivity index (χ0n) is 10.3. The van der Waals surface area contributed by atoms with Crippen molar-refractivity contribution >= 4 is 11.6 Å². The van der Waals surface area contributed by atoms with Crippen LogP contribution < -0.4 is 4.74 Å². The quantitative estimate of drug-likeness (QED) is 0.917. The summed E-state index contributed by atoms with van der Waals surface area (Å²) in [5.41, 5.74) is 1.16. The largest absolute Gasteiger partial charge is 0.454 e. The first kappa shape index (κ1) is 13.4. The van der Waals surface area contributed by atoms with Crippen molar-refractivity contribution in [3.05, 3.63) is 58.6 Å². The van der Waals surface area contributed by atoms with Crippen LogP contribution >= 0.6 is 11.6 Å². The van der Waals surface area contributed by atoms with E-state index in [2.05, 4.69) is 6.07 Å². The van der Waals surface area contributed by atoms with E-state index >= 15 is 0 Å². The van der Waals surface area contributed by atoms with Gasteiger partial charge < -0.3 is 9.84 Å². The van der Waals surface area contributed by atoms with E-state index in [1.807, 2.05) is 0 Å². The summed E-state index contributed by atoms with van der Waals surface area (Å²) in [5, 5.41) is 18.8. The summed E-state index contributed by atoms with van der Waals surface area (Å²) in [6.07, 6.45) is -0.585. The van der Waals surface area contributed by atoms with Gasteiger partial charge in [0.15, 0.2) is 0 Å². The second-order valence-corrected chi connectivity index (χ2v) is 4.48. The standard InChI is InChI=1S/C15H12ClNO2/c1-10(18)11-6-7-15(13(16)8-11)19-14-5-3-2-4-12(14)9-17/h2-8,10,18H,1H3/t10-/m0/s1. The second kappa shape index (κ2) is 5.75. The molecule has 0 saturated carbocycles. The number of aliphatic hydroxyl groups excluding tert-OH is 1. The number of aliphatic hydroxyl groups is 1. The topological polar surface area (TPSA) is 53.2 Å². The van der Waals surface area contributed by atoms with Gasteiger partial charge in [0.25, 0.3) is 0 Å². The van der Waals surface area contributed by atoms with Gasteiger partial charge in [0.1, 0.15) is 17.6 Å². The van der Waals surface area contributed by atoms with Crippen LogP contribution in [0.5, 0.6) is 11.5 Å². The number of rotatable bonds is 3. The fourth-order valence-electron chi connectivity index (χ4n) is 1.63. The molecule has 0 aliphatic rings. The highest BCUT2D eigenvalue weighted by Crippen LogP contribution is 2.32. The Hall–Kier alpha value is -2.02. The molecule has 96 valence electrons. The van der Waals surface area contributed by atoms with Crippen LogP contribution in [0.25, 0.3) is 0 Å². The van der Waals surface area contributed by atoms with Crippen LogP contribution in [0, 0.1) is 11.3 Å². The maximum absolute atomic E-state index is 9.47. The summed E-state index contributed by atoms with van der Waals surface area (Å²) in [6.45, 7) is 1.66. The predicted molar refractivity (Wildman–Crippen MR) is 73.3 cm³/mol. The number of halogens is 1. The minimum absolute atomic E-state index is 0.395. The molecule has 4 heteroatoms. The Morgan fingerprint density at radius 1 is 1.21 bits per heavy atom. The van der Waals surface area contributed by atoms with E-state index in [0.717, 1.165) is 0 Å². The van der Waals surface area contributed by atoms with Gasteiger partial charge in [-0.1, -0.05) is 29.8 Å². The van der Waals surface area contributed by atoms with Crippen molar-refractivity contribution in [2.45, 2.75) is 13.0 Å². The zero-order chi connectivity index (χ0) is 13.8. The number of nitriles is 1. The third-order valence-electron chi connectivity index (χ3n) is 2.67. The Morgan fingerprint density at radius 2 is 1.95 bits per heavy atom. The molecule has 0 heterocycles. The van der Waals surface area contributed by atoms with Crippen molar-refractivity contribution in [1.29, 1.82) is 5.26 Å². The maximum Gasteiger partial charge on any atom is 0.146 e. The fraction of sp³-hybridized carbons (Fsp3) is 0.133. The first-order chi connectivity index (χ1) is 9.11. The predicted octanol–water partition coefficient (Wildman–Crippen LogP) is 4.06. The molecule has 0 unspecified atom stereocenters. The highest BCUT2D eigenvalue weighted by atomic mass is 35.5. The van der Waals surface area contributed by atoms with E-state index in [1.54, 1.807) is 49.4 Å². The summed E-state index contributed by atoms with van der Waals surface area (Å²) in [5.74, 6) is 0.908. The lowest BCUT2D eigenvalue weighted by Gasteiger charge is -2.11. The van der Waals surface area contributed by atoms with Gasteiger partial charge in [-0.15, -0.1) is 0 Å². The maximum atomic E-state index is 9.47. The van der Waals surface area contributed by atoms with Crippen molar-refractivity contribution in [1.82, 2.24) is 0 Å². The molecule has 1 atom stereocenters. The first-order valence-electron chi connectivity index (χ1n) is 5.76. The molecule has 2 rings (SSSR count). The summed E-state index contributed by atoms with van der Waals surface area (Å²) >= 11 is 6.10. The third-order valence-corrected chi connectivity index (χ3v) is 2.96. The zero-order valence-corrected chi connectivity index (χ0v) is 11.1. The van der Waals surface area contributed by atoms with Gasteiger partial charge in [0.2, 0.25) is 0 Å². The van der Waals surface area contributed by atoms with Crippen LogP contribution in [0.3, 0.4) is 0 Å². The monoisotopic (exact) mass is 273 g/mol. The van der Waals surface area contributed by atoms with Crippen LogP contribution in [-0.4, -0.2) is 5.11 Å². The van der Waals surface area contributed by atoms with Crippen LogP contribution in [-0.2, 0) is 0 Å². The molecular weight excluding hydrogens is 262 g/mol. The number of para-hydroxylation sites is 1. The van der Waals surface area contributed by atoms with E-state index in [1.165, 1.54) is 0 Å². The molecule has 0 amide bonds. The van der Waals surface area contributed by atoms with Gasteiger partial charge in [-0.3, -0.25) is 0 Å². The van der Waals surface area contributed by atoms with E-state index < -0.39 is 6.10 Å². The Balaban J connectivity index is 2.32. The molecule has 0 aliphatic carbocycles. The third kappa shape index (κ3) is 3.05. The number of benzene rings is 2. The molecule has 2 aromatic rings. The minimum atomic E-state index is -0.585. The van der Waals surface area contributed by atoms with Crippen molar-refractivity contribution in [3.63, 3.8) is 0 Å². The molecular formula is C15H12ClNO2. The van der Waals surface area contributed by atoms with Crippen molar-refractivity contribution in [2.75, 3.05) is 0 Å². The van der Waals surface area contributed by atoms with Crippen molar-refractivity contribution < 1.29 is 9.84 Å². The van der Waals surface area contributed by atoms with Crippen molar-refractivity contribution in [3.8, 4) is 17.6 Å². The Bertz CT molecular complexity index is 632. The van der Waals surface area contributed by atoms with Crippen LogP contribution in [0.15, 0.2) is 42.5 Å². The van der Waals surface area contributed by atoms with E-state index in [4.69, 9.17) is 21.6 Å². The molecule has 0 aliphatic heterocycles. The van der Waals surface area contributed by atoms with E-state index in [9.17, 15) is 5.11 Å². The smallest absolute Gasteiger partial charge is 0.146 e. The molecule has 0 radical (unpaired) electrons. The Kier molecular flexibility index (Phi) is 4.06. The molecule has 0 fully saturated rings. The van der Waals surface area contributed by atoms with Gasteiger partial charge in [0.05, 0.1) is 16.7 Å². The van der Waals surface area contributed by atoms with Gasteiger partial charge in [0, 0.05) is 0 Å². The SMILES string of the molecule is C[C@H](O)c1ccc(Oc2ccccc2C#N)c(Cl)c1. The van der Waals surface area contributed by atoms with E-state index in [-0.39, 0.29) is 0 Å². The Morgan fingerprint density at radius 3 is 2.58 bits per heavy atom. The number of hydrogen-bond acceptors (Lipinski definition) is 3. The molecule has 0 bridgehead atoms. The fourth-order valence-corrected chi connectivity index (χ4v) is 1.85. The van der Waals surface area contributed by atoms with Crippen LogP contribution in [0.2, 0.25) is 5.02 Å². The van der Waals surface area contributed by atoms with Crippen LogP contribution in [0.1, 0.15) is 24.2 Å². The molecule has 0 aromatic heterocycles. The van der Waals surface area contributed by atoms with Crippen molar-refractivity contribution in [2.24, 2.45) is 0 Å². The van der Waals surface area contributed by atoms with Gasteiger partial charge >= 0.3 is 0 Å². The van der Waals surface area contributed by atoms with Gasteiger partial charge in [-0.2, -0.15) is 5.26 Å². The number of ether oxygens (including phenoxy) is 1. The molecule has 0 saturated heterocycles. The van der Waals surface area contributed by atoms with Gasteiger partial charge in [-0.05, 0) is 36.8 Å². The average molecular weight is 274 g/mol. The molecule has 2 aromatic carbocycles. The second-order valence-electron chi connectivity index (χ2n) is 4.08. The highest BCUT2D eigenvalue weighted by molar-refractivity contribution is 6.32. The lowest BCUT2D eigenvalue weighted by atomic mass is 10.1. The number of nitrogens with zero attached hydrogens (tertiary/aromatic N) is 1. The summed E-state index contributed by atoms with van der Waals surface area (Å²) in [6, 6.07) is 14.1. The molecule has 3 nitrogen and oxygen atoms in total. The molecule has 19 heavy (non-hydrogen) atoms. The lowest BCUT2D eigenvalue weighted by Crippen LogP contribution is -1.93. The highest BCUT2D eigenvalue weighted by Gasteiger charge is 2.09. The summed E-state index contributed by atoms with van der Waals surface area (Å²) in [7, 11) is 0. The Labute approximate surface area is 116 Å². The normalized spacial score (nSPS) is 11.7. The van der Waals surface area contributed by atoms with E-state index in [0.29, 0.717) is 27.6 Å². The average Bonchev–Trinajstić information content (AvgIpc) is 2.41. The first-order valence-corrected chi connectivity index (χ1v) is 6.14. The molecule has 0 spiro atoms. The van der Waals surface area contributed by atoms with Crippen LogP contribution in [0.4, 0.5) is 0 Å².